The van der Waals surface area contributed by atoms with Crippen molar-refractivity contribution in [2.24, 2.45) is 0 Å². The highest BCUT2D eigenvalue weighted by Gasteiger charge is 2.25. The van der Waals surface area contributed by atoms with Crippen LogP contribution in [-0.2, 0) is 0 Å². The fourth-order valence-corrected chi connectivity index (χ4v) is 3.44. The minimum atomic E-state index is -0.358. The number of carbonyl (C=O) groups is 1. The van der Waals surface area contributed by atoms with Gasteiger partial charge in [0.2, 0.25) is 0 Å². The van der Waals surface area contributed by atoms with Crippen LogP contribution in [0.4, 0.5) is 4.39 Å². The van der Waals surface area contributed by atoms with Crippen LogP contribution in [0.1, 0.15) is 34.6 Å². The van der Waals surface area contributed by atoms with Gasteiger partial charge in [0.15, 0.2) is 11.6 Å². The molecule has 0 unspecified atom stereocenters. The van der Waals surface area contributed by atoms with Gasteiger partial charge in [-0.3, -0.25) is 4.79 Å². The Hall–Kier alpha value is -3.02. The first-order chi connectivity index (χ1) is 13.5. The van der Waals surface area contributed by atoms with Crippen LogP contribution < -0.4 is 4.74 Å². The second kappa shape index (κ2) is 7.54. The number of likely N-dealkylation sites (tertiary alicyclic amines) is 1. The third-order valence-electron chi connectivity index (χ3n) is 5.18. The number of nitrogens with zero attached hydrogens (tertiary/aromatic N) is 3. The number of para-hydroxylation sites is 1. The molecule has 0 atom stereocenters. The van der Waals surface area contributed by atoms with E-state index in [9.17, 15) is 9.18 Å². The van der Waals surface area contributed by atoms with Crippen LogP contribution in [0.15, 0.2) is 42.5 Å². The zero-order chi connectivity index (χ0) is 19.7. The van der Waals surface area contributed by atoms with E-state index in [4.69, 9.17) is 4.74 Å². The summed E-state index contributed by atoms with van der Waals surface area (Å²) in [5.74, 6) is -0.110. The van der Waals surface area contributed by atoms with Crippen molar-refractivity contribution < 1.29 is 13.9 Å². The predicted octanol–water partition coefficient (Wildman–Crippen LogP) is 4.07. The Morgan fingerprint density at radius 1 is 1.04 bits per heavy atom. The number of hydrogen-bond donors (Lipinski definition) is 0. The Kier molecular flexibility index (Phi) is 4.94. The number of ether oxygens (including phenoxy) is 1. The number of rotatable bonds is 3. The number of piperidine rings is 1. The molecule has 5 nitrogen and oxygen atoms in total. The molecule has 1 aromatic heterocycles. The highest BCUT2D eigenvalue weighted by molar-refractivity contribution is 5.97. The molecule has 1 aliphatic rings. The molecule has 4 rings (SSSR count). The van der Waals surface area contributed by atoms with Gasteiger partial charge in [-0.1, -0.05) is 12.1 Å². The van der Waals surface area contributed by atoms with E-state index in [-0.39, 0.29) is 23.6 Å². The van der Waals surface area contributed by atoms with Crippen molar-refractivity contribution in [3.63, 3.8) is 0 Å². The largest absolute Gasteiger partial charge is 0.487 e. The summed E-state index contributed by atoms with van der Waals surface area (Å²) in [6.07, 6.45) is 1.26. The van der Waals surface area contributed by atoms with E-state index in [1.165, 1.54) is 6.07 Å². The first-order valence-corrected chi connectivity index (χ1v) is 9.47. The molecule has 1 saturated heterocycles. The molecule has 0 bridgehead atoms. The topological polar surface area (TPSA) is 55.3 Å². The highest BCUT2D eigenvalue weighted by Crippen LogP contribution is 2.23. The summed E-state index contributed by atoms with van der Waals surface area (Å²) in [7, 11) is 0. The SMILES string of the molecule is Cc1nc2ccc(C(=O)N3CCC(Oc4ccccc4F)CC3)cc2nc1C. The number of fused-ring (bicyclic) bond motifs is 1. The lowest BCUT2D eigenvalue weighted by Gasteiger charge is -2.32. The Morgan fingerprint density at radius 2 is 1.71 bits per heavy atom. The van der Waals surface area contributed by atoms with Crippen LogP contribution in [0.2, 0.25) is 0 Å². The molecule has 1 aliphatic heterocycles. The standard InChI is InChI=1S/C22H22FN3O2/c1-14-15(2)25-20-13-16(7-8-19(20)24-14)22(27)26-11-9-17(10-12-26)28-21-6-4-3-5-18(21)23/h3-8,13,17H,9-12H2,1-2H3. The normalized spacial score (nSPS) is 15.0. The van der Waals surface area contributed by atoms with Gasteiger partial charge in [0, 0.05) is 31.5 Å². The number of halogens is 1. The molecular formula is C22H22FN3O2. The van der Waals surface area contributed by atoms with Crippen LogP contribution in [0, 0.1) is 19.7 Å². The molecule has 2 aromatic carbocycles. The maximum absolute atomic E-state index is 13.8. The monoisotopic (exact) mass is 379 g/mol. The van der Waals surface area contributed by atoms with Gasteiger partial charge in [-0.25, -0.2) is 14.4 Å². The number of hydrogen-bond acceptors (Lipinski definition) is 4. The summed E-state index contributed by atoms with van der Waals surface area (Å²) < 4.78 is 19.5. The molecule has 1 amide bonds. The zero-order valence-corrected chi connectivity index (χ0v) is 16.0. The summed E-state index contributed by atoms with van der Waals surface area (Å²) in [6, 6.07) is 11.9. The van der Waals surface area contributed by atoms with E-state index in [1.807, 2.05) is 24.8 Å². The Bertz CT molecular complexity index is 1030. The highest BCUT2D eigenvalue weighted by atomic mass is 19.1. The van der Waals surface area contributed by atoms with E-state index >= 15 is 0 Å². The second-order valence-corrected chi connectivity index (χ2v) is 7.14. The van der Waals surface area contributed by atoms with Crippen LogP contribution in [0.25, 0.3) is 11.0 Å². The number of benzene rings is 2. The van der Waals surface area contributed by atoms with Gasteiger partial charge in [0.05, 0.1) is 22.4 Å². The average molecular weight is 379 g/mol. The second-order valence-electron chi connectivity index (χ2n) is 7.14. The molecule has 2 heterocycles. The molecule has 1 fully saturated rings. The first-order valence-electron chi connectivity index (χ1n) is 9.47. The van der Waals surface area contributed by atoms with E-state index < -0.39 is 0 Å². The summed E-state index contributed by atoms with van der Waals surface area (Å²) >= 11 is 0. The molecule has 0 N–H and O–H groups in total. The number of aryl methyl sites for hydroxylation is 2. The van der Waals surface area contributed by atoms with Gasteiger partial charge in [-0.05, 0) is 44.2 Å². The lowest BCUT2D eigenvalue weighted by atomic mass is 10.1. The fraction of sp³-hybridized carbons (Fsp3) is 0.318. The van der Waals surface area contributed by atoms with Crippen molar-refractivity contribution >= 4 is 16.9 Å². The van der Waals surface area contributed by atoms with Crippen molar-refractivity contribution in [3.8, 4) is 5.75 Å². The summed E-state index contributed by atoms with van der Waals surface area (Å²) in [4.78, 5) is 23.8. The molecule has 0 aliphatic carbocycles. The van der Waals surface area contributed by atoms with E-state index in [0.717, 1.165) is 22.4 Å². The summed E-state index contributed by atoms with van der Waals surface area (Å²) in [5, 5.41) is 0. The van der Waals surface area contributed by atoms with Gasteiger partial charge >= 0.3 is 0 Å². The van der Waals surface area contributed by atoms with Crippen molar-refractivity contribution in [3.05, 3.63) is 65.2 Å². The van der Waals surface area contributed by atoms with E-state index in [0.29, 0.717) is 31.5 Å². The molecule has 28 heavy (non-hydrogen) atoms. The fourth-order valence-electron chi connectivity index (χ4n) is 3.44. The third kappa shape index (κ3) is 3.67. The van der Waals surface area contributed by atoms with Gasteiger partial charge in [0.1, 0.15) is 6.10 Å². The Balaban J connectivity index is 1.43. The van der Waals surface area contributed by atoms with Crippen LogP contribution in [0.3, 0.4) is 0 Å². The van der Waals surface area contributed by atoms with E-state index in [1.54, 1.807) is 30.3 Å². The maximum atomic E-state index is 13.8. The molecular weight excluding hydrogens is 357 g/mol. The van der Waals surface area contributed by atoms with Crippen molar-refractivity contribution in [2.75, 3.05) is 13.1 Å². The molecule has 0 radical (unpaired) electrons. The lowest BCUT2D eigenvalue weighted by molar-refractivity contribution is 0.0588. The van der Waals surface area contributed by atoms with Crippen LogP contribution >= 0.6 is 0 Å². The van der Waals surface area contributed by atoms with Gasteiger partial charge in [0.25, 0.3) is 5.91 Å². The smallest absolute Gasteiger partial charge is 0.253 e. The molecule has 144 valence electrons. The number of carbonyl (C=O) groups excluding carboxylic acids is 1. The minimum absolute atomic E-state index is 0.0220. The number of amides is 1. The first kappa shape index (κ1) is 18.3. The molecule has 0 spiro atoms. The average Bonchev–Trinajstić information content (AvgIpc) is 2.70. The lowest BCUT2D eigenvalue weighted by Crippen LogP contribution is -2.41. The van der Waals surface area contributed by atoms with Gasteiger partial charge in [-0.2, -0.15) is 0 Å². The van der Waals surface area contributed by atoms with Crippen molar-refractivity contribution in [1.82, 2.24) is 14.9 Å². The number of aromatic nitrogens is 2. The quantitative estimate of drug-likeness (QED) is 0.688. The van der Waals surface area contributed by atoms with Crippen LogP contribution in [0.5, 0.6) is 5.75 Å². The zero-order valence-electron chi connectivity index (χ0n) is 16.0. The molecule has 3 aromatic rings. The predicted molar refractivity (Wildman–Crippen MR) is 105 cm³/mol. The van der Waals surface area contributed by atoms with E-state index in [2.05, 4.69) is 9.97 Å². The minimum Gasteiger partial charge on any atom is -0.487 e. The van der Waals surface area contributed by atoms with Gasteiger partial charge in [-0.15, -0.1) is 0 Å². The van der Waals surface area contributed by atoms with Crippen molar-refractivity contribution in [1.29, 1.82) is 0 Å². The summed E-state index contributed by atoms with van der Waals surface area (Å²) in [5.41, 5.74) is 3.88. The Morgan fingerprint density at radius 3 is 2.43 bits per heavy atom. The summed E-state index contributed by atoms with van der Waals surface area (Å²) in [6.45, 7) is 4.99. The van der Waals surface area contributed by atoms with Gasteiger partial charge < -0.3 is 9.64 Å². The van der Waals surface area contributed by atoms with Crippen LogP contribution in [-0.4, -0.2) is 40.0 Å². The molecule has 0 saturated carbocycles. The van der Waals surface area contributed by atoms with Crippen molar-refractivity contribution in [2.45, 2.75) is 32.8 Å². The maximum Gasteiger partial charge on any atom is 0.253 e. The third-order valence-corrected chi connectivity index (χ3v) is 5.18. The molecule has 6 heteroatoms. The Labute approximate surface area is 163 Å².